The minimum atomic E-state index is -0.426. The number of carbonyl (C=O) groups excluding carboxylic acids is 1. The number of nitrogens with one attached hydrogen (secondary N) is 1. The molecule has 0 saturated heterocycles. The summed E-state index contributed by atoms with van der Waals surface area (Å²) in [7, 11) is 0. The Hall–Kier alpha value is -1.36. The molecule has 0 aliphatic heterocycles. The summed E-state index contributed by atoms with van der Waals surface area (Å²) in [5.41, 5.74) is 5.86. The van der Waals surface area contributed by atoms with Crippen molar-refractivity contribution in [3.8, 4) is 0 Å². The summed E-state index contributed by atoms with van der Waals surface area (Å²) in [5.74, 6) is 0.127. The van der Waals surface area contributed by atoms with Crippen LogP contribution in [-0.4, -0.2) is 27.5 Å². The highest BCUT2D eigenvalue weighted by molar-refractivity contribution is 5.82. The van der Waals surface area contributed by atoms with Gasteiger partial charge in [-0.2, -0.15) is 0 Å². The topological polar surface area (TPSA) is 72.9 Å². The first kappa shape index (κ1) is 13.7. The molecule has 2 unspecified atom stereocenters. The van der Waals surface area contributed by atoms with Crippen molar-refractivity contribution in [3.05, 3.63) is 18.7 Å². The van der Waals surface area contributed by atoms with Gasteiger partial charge in [0.1, 0.15) is 0 Å². The van der Waals surface area contributed by atoms with Crippen LogP contribution in [-0.2, 0) is 11.3 Å². The average molecular weight is 238 g/mol. The lowest BCUT2D eigenvalue weighted by Gasteiger charge is -2.21. The molecule has 17 heavy (non-hydrogen) atoms. The van der Waals surface area contributed by atoms with Crippen LogP contribution in [0.25, 0.3) is 0 Å². The van der Waals surface area contributed by atoms with Gasteiger partial charge in [-0.3, -0.25) is 4.79 Å². The van der Waals surface area contributed by atoms with Gasteiger partial charge in [-0.1, -0.05) is 20.3 Å². The zero-order valence-electron chi connectivity index (χ0n) is 10.8. The molecule has 96 valence electrons. The summed E-state index contributed by atoms with van der Waals surface area (Å²) in [5, 5.41) is 2.92. The van der Waals surface area contributed by atoms with Crippen LogP contribution >= 0.6 is 0 Å². The van der Waals surface area contributed by atoms with Crippen LogP contribution in [0.1, 0.15) is 27.2 Å². The third-order valence-electron chi connectivity index (χ3n) is 2.99. The second-order valence-corrected chi connectivity index (χ2v) is 4.58. The highest BCUT2D eigenvalue weighted by atomic mass is 16.2. The van der Waals surface area contributed by atoms with E-state index in [0.29, 0.717) is 6.54 Å². The van der Waals surface area contributed by atoms with E-state index in [9.17, 15) is 4.79 Å². The highest BCUT2D eigenvalue weighted by Gasteiger charge is 2.20. The third-order valence-corrected chi connectivity index (χ3v) is 2.99. The summed E-state index contributed by atoms with van der Waals surface area (Å²) in [6, 6.07) is -0.378. The van der Waals surface area contributed by atoms with E-state index in [-0.39, 0.29) is 17.9 Å². The standard InChI is InChI=1S/C12H22N4O/c1-4-9(2)11(13)12(17)15-10(3)7-16-6-5-14-8-16/h5-6,8-11H,4,7,13H2,1-3H3,(H,15,17)/t9?,10?,11-/m0/s1. The molecule has 1 amide bonds. The maximum atomic E-state index is 11.8. The van der Waals surface area contributed by atoms with Crippen molar-refractivity contribution in [2.45, 2.75) is 45.8 Å². The van der Waals surface area contributed by atoms with Crippen LogP contribution in [0.15, 0.2) is 18.7 Å². The molecule has 3 atom stereocenters. The molecule has 1 aromatic rings. The van der Waals surface area contributed by atoms with E-state index in [0.717, 1.165) is 6.42 Å². The van der Waals surface area contributed by atoms with E-state index in [4.69, 9.17) is 5.73 Å². The van der Waals surface area contributed by atoms with Crippen LogP contribution in [0.3, 0.4) is 0 Å². The number of nitrogens with zero attached hydrogens (tertiary/aromatic N) is 2. The van der Waals surface area contributed by atoms with Gasteiger partial charge in [-0.05, 0) is 12.8 Å². The highest BCUT2D eigenvalue weighted by Crippen LogP contribution is 2.05. The Labute approximate surface area is 102 Å². The van der Waals surface area contributed by atoms with Gasteiger partial charge in [-0.25, -0.2) is 4.98 Å². The summed E-state index contributed by atoms with van der Waals surface area (Å²) in [6.07, 6.45) is 6.23. The van der Waals surface area contributed by atoms with E-state index in [1.165, 1.54) is 0 Å². The fourth-order valence-electron chi connectivity index (χ4n) is 1.61. The number of hydrogen-bond donors (Lipinski definition) is 2. The molecular weight excluding hydrogens is 216 g/mol. The van der Waals surface area contributed by atoms with E-state index in [1.807, 2.05) is 31.5 Å². The molecule has 0 aliphatic carbocycles. The monoisotopic (exact) mass is 238 g/mol. The second kappa shape index (κ2) is 6.39. The van der Waals surface area contributed by atoms with Crippen molar-refractivity contribution in [1.82, 2.24) is 14.9 Å². The normalized spacial score (nSPS) is 16.2. The summed E-state index contributed by atoms with van der Waals surface area (Å²) in [6.45, 7) is 6.69. The maximum Gasteiger partial charge on any atom is 0.237 e. The number of imidazole rings is 1. The molecular formula is C12H22N4O. The SMILES string of the molecule is CCC(C)[C@H](N)C(=O)NC(C)Cn1ccnc1. The van der Waals surface area contributed by atoms with Gasteiger partial charge in [0.15, 0.2) is 0 Å². The smallest absolute Gasteiger partial charge is 0.237 e. The van der Waals surface area contributed by atoms with Crippen molar-refractivity contribution in [1.29, 1.82) is 0 Å². The molecule has 1 aromatic heterocycles. The Morgan fingerprint density at radius 2 is 2.24 bits per heavy atom. The molecule has 0 aliphatic rings. The predicted octanol–water partition coefficient (Wildman–Crippen LogP) is 0.761. The van der Waals surface area contributed by atoms with Gasteiger partial charge < -0.3 is 15.6 Å². The first-order chi connectivity index (χ1) is 8.04. The van der Waals surface area contributed by atoms with E-state index < -0.39 is 6.04 Å². The van der Waals surface area contributed by atoms with E-state index in [1.54, 1.807) is 12.5 Å². The van der Waals surface area contributed by atoms with Crippen LogP contribution < -0.4 is 11.1 Å². The third kappa shape index (κ3) is 4.19. The predicted molar refractivity (Wildman–Crippen MR) is 67.3 cm³/mol. The Balaban J connectivity index is 2.40. The number of carbonyl (C=O) groups is 1. The van der Waals surface area contributed by atoms with Crippen molar-refractivity contribution >= 4 is 5.91 Å². The molecule has 0 aromatic carbocycles. The molecule has 1 heterocycles. The number of hydrogen-bond acceptors (Lipinski definition) is 3. The van der Waals surface area contributed by atoms with Crippen LogP contribution in [0.2, 0.25) is 0 Å². The lowest BCUT2D eigenvalue weighted by Crippen LogP contribution is -2.48. The zero-order valence-corrected chi connectivity index (χ0v) is 10.8. The van der Waals surface area contributed by atoms with E-state index in [2.05, 4.69) is 10.3 Å². The van der Waals surface area contributed by atoms with Gasteiger partial charge in [0.05, 0.1) is 12.4 Å². The average Bonchev–Trinajstić information content (AvgIpc) is 2.79. The molecule has 5 heteroatoms. The maximum absolute atomic E-state index is 11.8. The Morgan fingerprint density at radius 1 is 1.53 bits per heavy atom. The number of rotatable bonds is 6. The fourth-order valence-corrected chi connectivity index (χ4v) is 1.61. The lowest BCUT2D eigenvalue weighted by molar-refractivity contribution is -0.124. The Kier molecular flexibility index (Phi) is 5.15. The van der Waals surface area contributed by atoms with Crippen LogP contribution in [0.5, 0.6) is 0 Å². The minimum absolute atomic E-state index is 0.0480. The quantitative estimate of drug-likeness (QED) is 0.768. The van der Waals surface area contributed by atoms with Gasteiger partial charge >= 0.3 is 0 Å². The molecule has 0 fully saturated rings. The van der Waals surface area contributed by atoms with Gasteiger partial charge in [0.25, 0.3) is 0 Å². The number of nitrogens with two attached hydrogens (primary N) is 1. The molecule has 3 N–H and O–H groups in total. The number of amides is 1. The second-order valence-electron chi connectivity index (χ2n) is 4.58. The summed E-state index contributed by atoms with van der Waals surface area (Å²) < 4.78 is 1.93. The Morgan fingerprint density at radius 3 is 2.76 bits per heavy atom. The van der Waals surface area contributed by atoms with Crippen molar-refractivity contribution in [2.24, 2.45) is 11.7 Å². The lowest BCUT2D eigenvalue weighted by atomic mass is 9.99. The van der Waals surface area contributed by atoms with Gasteiger partial charge in [-0.15, -0.1) is 0 Å². The molecule has 0 saturated carbocycles. The molecule has 0 spiro atoms. The fraction of sp³-hybridized carbons (Fsp3) is 0.667. The number of aromatic nitrogens is 2. The van der Waals surface area contributed by atoms with Gasteiger partial charge in [0.2, 0.25) is 5.91 Å². The molecule has 5 nitrogen and oxygen atoms in total. The van der Waals surface area contributed by atoms with Crippen molar-refractivity contribution in [3.63, 3.8) is 0 Å². The zero-order chi connectivity index (χ0) is 12.8. The summed E-state index contributed by atoms with van der Waals surface area (Å²) >= 11 is 0. The van der Waals surface area contributed by atoms with Crippen LogP contribution in [0, 0.1) is 5.92 Å². The Bertz CT molecular complexity index is 336. The molecule has 1 rings (SSSR count). The van der Waals surface area contributed by atoms with Crippen LogP contribution in [0.4, 0.5) is 0 Å². The summed E-state index contributed by atoms with van der Waals surface area (Å²) in [4.78, 5) is 15.8. The van der Waals surface area contributed by atoms with Gasteiger partial charge in [0, 0.05) is 25.0 Å². The molecule has 0 bridgehead atoms. The minimum Gasteiger partial charge on any atom is -0.350 e. The van der Waals surface area contributed by atoms with Crippen molar-refractivity contribution < 1.29 is 4.79 Å². The largest absolute Gasteiger partial charge is 0.350 e. The first-order valence-electron chi connectivity index (χ1n) is 6.06. The van der Waals surface area contributed by atoms with Crippen molar-refractivity contribution in [2.75, 3.05) is 0 Å². The van der Waals surface area contributed by atoms with E-state index >= 15 is 0 Å². The molecule has 0 radical (unpaired) electrons. The first-order valence-corrected chi connectivity index (χ1v) is 6.06.